The lowest BCUT2D eigenvalue weighted by atomic mass is 10.1. The van der Waals surface area contributed by atoms with Crippen LogP contribution >= 0.6 is 0 Å². The Labute approximate surface area is 101 Å². The summed E-state index contributed by atoms with van der Waals surface area (Å²) in [5, 5.41) is 3.16. The van der Waals surface area contributed by atoms with Gasteiger partial charge in [-0.2, -0.15) is 0 Å². The van der Waals surface area contributed by atoms with E-state index in [-0.39, 0.29) is 12.0 Å². The van der Waals surface area contributed by atoms with Crippen molar-refractivity contribution in [2.75, 3.05) is 25.1 Å². The van der Waals surface area contributed by atoms with Crippen molar-refractivity contribution in [2.24, 2.45) is 0 Å². The van der Waals surface area contributed by atoms with Crippen molar-refractivity contribution < 1.29 is 14.3 Å². The number of benzene rings is 1. The maximum Gasteiger partial charge on any atom is 0.328 e. The average molecular weight is 235 g/mol. The van der Waals surface area contributed by atoms with Crippen molar-refractivity contribution in [1.82, 2.24) is 0 Å². The van der Waals surface area contributed by atoms with Gasteiger partial charge in [0.2, 0.25) is 0 Å². The standard InChI is InChI=1S/C13H17NO3/c1-2-16-7-8-17-13(15)12-9-10-5-3-4-6-11(10)14-12/h3-6,12,14H,2,7-9H2,1H3. The zero-order valence-electron chi connectivity index (χ0n) is 9.94. The van der Waals surface area contributed by atoms with Gasteiger partial charge in [-0.25, -0.2) is 4.79 Å². The molecule has 0 aliphatic carbocycles. The molecule has 0 aromatic heterocycles. The predicted molar refractivity (Wildman–Crippen MR) is 65.0 cm³/mol. The van der Waals surface area contributed by atoms with Crippen molar-refractivity contribution in [1.29, 1.82) is 0 Å². The number of hydrogen-bond acceptors (Lipinski definition) is 4. The van der Waals surface area contributed by atoms with E-state index in [2.05, 4.69) is 5.32 Å². The van der Waals surface area contributed by atoms with Gasteiger partial charge in [0.15, 0.2) is 0 Å². The Morgan fingerprint density at radius 2 is 2.24 bits per heavy atom. The minimum Gasteiger partial charge on any atom is -0.462 e. The molecule has 1 aliphatic heterocycles. The Kier molecular flexibility index (Phi) is 3.98. The van der Waals surface area contributed by atoms with Crippen LogP contribution in [0.2, 0.25) is 0 Å². The van der Waals surface area contributed by atoms with Gasteiger partial charge in [-0.05, 0) is 18.6 Å². The number of nitrogens with one attached hydrogen (secondary N) is 1. The number of rotatable bonds is 5. The highest BCUT2D eigenvalue weighted by atomic mass is 16.6. The Morgan fingerprint density at radius 3 is 3.00 bits per heavy atom. The smallest absolute Gasteiger partial charge is 0.328 e. The molecule has 1 atom stereocenters. The highest BCUT2D eigenvalue weighted by Crippen LogP contribution is 2.25. The molecule has 0 bridgehead atoms. The summed E-state index contributed by atoms with van der Waals surface area (Å²) in [6.07, 6.45) is 0.698. The SMILES string of the molecule is CCOCCOC(=O)C1Cc2ccccc2N1. The first-order valence-electron chi connectivity index (χ1n) is 5.90. The summed E-state index contributed by atoms with van der Waals surface area (Å²) in [6.45, 7) is 3.34. The van der Waals surface area contributed by atoms with Gasteiger partial charge in [-0.1, -0.05) is 18.2 Å². The number of fused-ring (bicyclic) bond motifs is 1. The van der Waals surface area contributed by atoms with Crippen LogP contribution in [0.5, 0.6) is 0 Å². The van der Waals surface area contributed by atoms with Crippen LogP contribution in [-0.2, 0) is 20.7 Å². The molecule has 0 fully saturated rings. The van der Waals surface area contributed by atoms with E-state index >= 15 is 0 Å². The van der Waals surface area contributed by atoms with Gasteiger partial charge in [-0.3, -0.25) is 0 Å². The molecule has 92 valence electrons. The number of anilines is 1. The van der Waals surface area contributed by atoms with Crippen LogP contribution in [0.4, 0.5) is 5.69 Å². The number of hydrogen-bond donors (Lipinski definition) is 1. The topological polar surface area (TPSA) is 47.6 Å². The van der Waals surface area contributed by atoms with E-state index in [0.29, 0.717) is 26.2 Å². The van der Waals surface area contributed by atoms with E-state index in [9.17, 15) is 4.79 Å². The van der Waals surface area contributed by atoms with Crippen molar-refractivity contribution >= 4 is 11.7 Å². The first kappa shape index (κ1) is 11.9. The first-order chi connectivity index (χ1) is 8.31. The van der Waals surface area contributed by atoms with Gasteiger partial charge < -0.3 is 14.8 Å². The lowest BCUT2D eigenvalue weighted by molar-refractivity contribution is -0.145. The van der Waals surface area contributed by atoms with Crippen LogP contribution in [-0.4, -0.2) is 31.8 Å². The number of carbonyl (C=O) groups is 1. The van der Waals surface area contributed by atoms with Crippen LogP contribution in [0.1, 0.15) is 12.5 Å². The fourth-order valence-electron chi connectivity index (χ4n) is 1.89. The van der Waals surface area contributed by atoms with Gasteiger partial charge in [0, 0.05) is 18.7 Å². The molecule has 1 heterocycles. The predicted octanol–water partition coefficient (Wildman–Crippen LogP) is 1.60. The average Bonchev–Trinajstić information content (AvgIpc) is 2.78. The number of esters is 1. The third kappa shape index (κ3) is 2.97. The summed E-state index contributed by atoms with van der Waals surface area (Å²) in [6, 6.07) is 7.67. The lowest BCUT2D eigenvalue weighted by Crippen LogP contribution is -2.30. The number of para-hydroxylation sites is 1. The Hall–Kier alpha value is -1.55. The molecule has 1 N–H and O–H groups in total. The van der Waals surface area contributed by atoms with E-state index in [1.807, 2.05) is 31.2 Å². The van der Waals surface area contributed by atoms with E-state index in [1.54, 1.807) is 0 Å². The Balaban J connectivity index is 1.80. The van der Waals surface area contributed by atoms with E-state index in [4.69, 9.17) is 9.47 Å². The minimum atomic E-state index is -0.256. The Bertz CT molecular complexity index is 367. The largest absolute Gasteiger partial charge is 0.462 e. The van der Waals surface area contributed by atoms with Gasteiger partial charge >= 0.3 is 5.97 Å². The van der Waals surface area contributed by atoms with Gasteiger partial charge in [0.25, 0.3) is 0 Å². The van der Waals surface area contributed by atoms with Crippen LogP contribution in [0, 0.1) is 0 Å². The Morgan fingerprint density at radius 1 is 1.41 bits per heavy atom. The van der Waals surface area contributed by atoms with Gasteiger partial charge in [0.05, 0.1) is 6.61 Å². The maximum absolute atomic E-state index is 11.7. The molecule has 0 radical (unpaired) electrons. The zero-order valence-corrected chi connectivity index (χ0v) is 9.94. The quantitative estimate of drug-likeness (QED) is 0.622. The highest BCUT2D eigenvalue weighted by Gasteiger charge is 2.27. The fraction of sp³-hybridized carbons (Fsp3) is 0.462. The van der Waals surface area contributed by atoms with Crippen molar-refractivity contribution in [3.05, 3.63) is 29.8 Å². The summed E-state index contributed by atoms with van der Waals surface area (Å²) in [7, 11) is 0. The maximum atomic E-state index is 11.7. The second-order valence-electron chi connectivity index (χ2n) is 3.92. The second-order valence-corrected chi connectivity index (χ2v) is 3.92. The van der Waals surface area contributed by atoms with E-state index in [0.717, 1.165) is 5.69 Å². The molecular formula is C13H17NO3. The number of carbonyl (C=O) groups excluding carboxylic acids is 1. The minimum absolute atomic E-state index is 0.207. The third-order valence-corrected chi connectivity index (χ3v) is 2.73. The van der Waals surface area contributed by atoms with Gasteiger partial charge in [-0.15, -0.1) is 0 Å². The molecule has 1 aliphatic rings. The summed E-state index contributed by atoms with van der Waals surface area (Å²) >= 11 is 0. The van der Waals surface area contributed by atoms with Gasteiger partial charge in [0.1, 0.15) is 12.6 Å². The van der Waals surface area contributed by atoms with Crippen LogP contribution in [0.3, 0.4) is 0 Å². The molecule has 0 saturated heterocycles. The molecule has 1 aromatic rings. The fourth-order valence-corrected chi connectivity index (χ4v) is 1.89. The molecule has 17 heavy (non-hydrogen) atoms. The normalized spacial score (nSPS) is 17.4. The molecule has 1 aromatic carbocycles. The first-order valence-corrected chi connectivity index (χ1v) is 5.90. The van der Waals surface area contributed by atoms with Crippen molar-refractivity contribution in [3.63, 3.8) is 0 Å². The second kappa shape index (κ2) is 5.68. The molecular weight excluding hydrogens is 218 g/mol. The van der Waals surface area contributed by atoms with E-state index < -0.39 is 0 Å². The van der Waals surface area contributed by atoms with Crippen LogP contribution < -0.4 is 5.32 Å². The summed E-state index contributed by atoms with van der Waals surface area (Å²) < 4.78 is 10.2. The van der Waals surface area contributed by atoms with Crippen LogP contribution in [0.15, 0.2) is 24.3 Å². The van der Waals surface area contributed by atoms with Crippen LogP contribution in [0.25, 0.3) is 0 Å². The monoisotopic (exact) mass is 235 g/mol. The number of ether oxygens (including phenoxy) is 2. The molecule has 4 nitrogen and oxygen atoms in total. The molecule has 0 spiro atoms. The van der Waals surface area contributed by atoms with Crippen molar-refractivity contribution in [2.45, 2.75) is 19.4 Å². The highest BCUT2D eigenvalue weighted by molar-refractivity contribution is 5.82. The van der Waals surface area contributed by atoms with Crippen molar-refractivity contribution in [3.8, 4) is 0 Å². The molecule has 4 heteroatoms. The molecule has 2 rings (SSSR count). The van der Waals surface area contributed by atoms with E-state index in [1.165, 1.54) is 5.56 Å². The molecule has 0 amide bonds. The summed E-state index contributed by atoms with van der Waals surface area (Å²) in [4.78, 5) is 11.7. The molecule has 0 saturated carbocycles. The summed E-state index contributed by atoms with van der Waals surface area (Å²) in [5.41, 5.74) is 2.19. The lowest BCUT2D eigenvalue weighted by Gasteiger charge is -2.10. The molecule has 1 unspecified atom stereocenters. The zero-order chi connectivity index (χ0) is 12.1. The third-order valence-electron chi connectivity index (χ3n) is 2.73. The summed E-state index contributed by atoms with van der Waals surface area (Å²) in [5.74, 6) is -0.207.